The molecule has 0 saturated heterocycles. The van der Waals surface area contributed by atoms with Crippen molar-refractivity contribution in [3.63, 3.8) is 0 Å². The van der Waals surface area contributed by atoms with Gasteiger partial charge in [-0.25, -0.2) is 0 Å². The van der Waals surface area contributed by atoms with E-state index in [9.17, 15) is 4.79 Å². The molecule has 1 nitrogen and oxygen atoms in total. The van der Waals surface area contributed by atoms with Crippen LogP contribution in [0.25, 0.3) is 10.8 Å². The van der Waals surface area contributed by atoms with Crippen molar-refractivity contribution in [1.29, 1.82) is 0 Å². The molecule has 0 saturated carbocycles. The number of hydrogen-bond donors (Lipinski definition) is 0. The Morgan fingerprint density at radius 3 is 2.17 bits per heavy atom. The van der Waals surface area contributed by atoms with Crippen LogP contribution in [0.15, 0.2) is 48.5 Å². The van der Waals surface area contributed by atoms with Crippen molar-refractivity contribution in [1.82, 2.24) is 0 Å². The van der Waals surface area contributed by atoms with Gasteiger partial charge in [0, 0.05) is 10.9 Å². The van der Waals surface area contributed by atoms with Gasteiger partial charge in [0.05, 0.1) is 20.6 Å². The average molecular weight is 429 g/mol. The maximum atomic E-state index is 13.1. The van der Waals surface area contributed by atoms with Crippen molar-refractivity contribution in [2.45, 2.75) is 5.33 Å². The topological polar surface area (TPSA) is 17.1 Å². The molecule has 0 amide bonds. The predicted molar refractivity (Wildman–Crippen MR) is 101 cm³/mol. The summed E-state index contributed by atoms with van der Waals surface area (Å²) in [6.07, 6.45) is 0. The van der Waals surface area contributed by atoms with E-state index in [1.54, 1.807) is 18.2 Å². The highest BCUT2D eigenvalue weighted by Crippen LogP contribution is 2.34. The molecule has 0 atom stereocenters. The molecule has 3 rings (SSSR count). The van der Waals surface area contributed by atoms with Gasteiger partial charge in [-0.1, -0.05) is 81.1 Å². The summed E-state index contributed by atoms with van der Waals surface area (Å²) in [6.45, 7) is 0. The van der Waals surface area contributed by atoms with Gasteiger partial charge in [0.25, 0.3) is 0 Å². The molecule has 0 aliphatic rings. The minimum Gasteiger partial charge on any atom is -0.288 e. The van der Waals surface area contributed by atoms with E-state index in [-0.39, 0.29) is 11.3 Å². The van der Waals surface area contributed by atoms with E-state index in [4.69, 9.17) is 34.8 Å². The van der Waals surface area contributed by atoms with Crippen LogP contribution in [0.5, 0.6) is 0 Å². The first kappa shape index (κ1) is 16.8. The molecular weight excluding hydrogens is 418 g/mol. The van der Waals surface area contributed by atoms with Crippen LogP contribution >= 0.6 is 50.7 Å². The van der Waals surface area contributed by atoms with Crippen molar-refractivity contribution in [2.75, 3.05) is 0 Å². The van der Waals surface area contributed by atoms with Gasteiger partial charge in [-0.15, -0.1) is 0 Å². The number of ketones is 1. The van der Waals surface area contributed by atoms with Crippen molar-refractivity contribution < 1.29 is 4.79 Å². The molecule has 0 bridgehead atoms. The van der Waals surface area contributed by atoms with E-state index in [0.717, 1.165) is 16.3 Å². The Labute approximate surface area is 157 Å². The fourth-order valence-electron chi connectivity index (χ4n) is 2.52. The number of alkyl halides is 1. The van der Waals surface area contributed by atoms with Crippen LogP contribution in [0, 0.1) is 0 Å². The lowest BCUT2D eigenvalue weighted by atomic mass is 9.96. The Morgan fingerprint density at radius 2 is 1.52 bits per heavy atom. The summed E-state index contributed by atoms with van der Waals surface area (Å²) in [5, 5.41) is 3.34. The quantitative estimate of drug-likeness (QED) is 0.327. The molecule has 0 aliphatic heterocycles. The van der Waals surface area contributed by atoms with Crippen LogP contribution in [0.3, 0.4) is 0 Å². The second-order valence-corrected chi connectivity index (χ2v) is 6.82. The first-order valence-electron chi connectivity index (χ1n) is 6.78. The number of carbonyl (C=O) groups excluding carboxylic acids is 1. The molecule has 0 heterocycles. The van der Waals surface area contributed by atoms with Gasteiger partial charge in [-0.3, -0.25) is 4.79 Å². The van der Waals surface area contributed by atoms with Crippen LogP contribution in [-0.2, 0) is 5.33 Å². The van der Waals surface area contributed by atoms with Crippen molar-refractivity contribution in [3.8, 4) is 0 Å². The van der Waals surface area contributed by atoms with E-state index >= 15 is 0 Å². The number of halogens is 4. The molecule has 0 aromatic heterocycles. The number of carbonyl (C=O) groups is 1. The molecule has 3 aromatic rings. The van der Waals surface area contributed by atoms with Gasteiger partial charge in [0.15, 0.2) is 5.78 Å². The molecule has 0 unspecified atom stereocenters. The van der Waals surface area contributed by atoms with Crippen LogP contribution in [0.4, 0.5) is 0 Å². The molecule has 0 fully saturated rings. The summed E-state index contributed by atoms with van der Waals surface area (Å²) in [5.41, 5.74) is 1.59. The fourth-order valence-corrected chi connectivity index (χ4v) is 3.80. The number of fused-ring (bicyclic) bond motifs is 1. The SMILES string of the molecule is O=C(c1c(Cl)cc(CBr)cc1Cl)c1c(Cl)ccc2ccccc12. The normalized spacial score (nSPS) is 11.0. The summed E-state index contributed by atoms with van der Waals surface area (Å²) >= 11 is 22.2. The Kier molecular flexibility index (Phi) is 4.98. The zero-order chi connectivity index (χ0) is 16.6. The molecule has 116 valence electrons. The third-order valence-corrected chi connectivity index (χ3v) is 5.15. The maximum absolute atomic E-state index is 13.1. The number of benzene rings is 3. The largest absolute Gasteiger partial charge is 0.288 e. The Bertz CT molecular complexity index is 898. The molecule has 0 radical (unpaired) electrons. The highest BCUT2D eigenvalue weighted by Gasteiger charge is 2.22. The van der Waals surface area contributed by atoms with Crippen molar-refractivity contribution in [3.05, 3.63) is 80.3 Å². The van der Waals surface area contributed by atoms with Gasteiger partial charge in [-0.2, -0.15) is 0 Å². The monoisotopic (exact) mass is 426 g/mol. The van der Waals surface area contributed by atoms with E-state index in [0.29, 0.717) is 26.0 Å². The lowest BCUT2D eigenvalue weighted by Gasteiger charge is -2.12. The highest BCUT2D eigenvalue weighted by molar-refractivity contribution is 9.08. The summed E-state index contributed by atoms with van der Waals surface area (Å²) in [6, 6.07) is 14.6. The predicted octanol–water partition coefficient (Wildman–Crippen LogP) is 6.93. The third kappa shape index (κ3) is 3.14. The van der Waals surface area contributed by atoms with Gasteiger partial charge >= 0.3 is 0 Å². The summed E-state index contributed by atoms with van der Waals surface area (Å²) in [5.74, 6) is -0.275. The minimum atomic E-state index is -0.275. The highest BCUT2D eigenvalue weighted by atomic mass is 79.9. The molecule has 5 heteroatoms. The lowest BCUT2D eigenvalue weighted by Crippen LogP contribution is -2.06. The van der Waals surface area contributed by atoms with Gasteiger partial charge in [-0.05, 0) is 34.5 Å². The van der Waals surface area contributed by atoms with Gasteiger partial charge in [0.1, 0.15) is 0 Å². The molecule has 3 aromatic carbocycles. The van der Waals surface area contributed by atoms with Crippen LogP contribution < -0.4 is 0 Å². The van der Waals surface area contributed by atoms with Gasteiger partial charge < -0.3 is 0 Å². The van der Waals surface area contributed by atoms with Crippen LogP contribution in [-0.4, -0.2) is 5.78 Å². The zero-order valence-electron chi connectivity index (χ0n) is 11.7. The van der Waals surface area contributed by atoms with Crippen molar-refractivity contribution >= 4 is 67.3 Å². The maximum Gasteiger partial charge on any atom is 0.198 e. The second-order valence-electron chi connectivity index (χ2n) is 5.04. The number of hydrogen-bond acceptors (Lipinski definition) is 1. The summed E-state index contributed by atoms with van der Waals surface area (Å²) in [4.78, 5) is 13.1. The van der Waals surface area contributed by atoms with Gasteiger partial charge in [0.2, 0.25) is 0 Å². The van der Waals surface area contributed by atoms with Crippen LogP contribution in [0.1, 0.15) is 21.5 Å². The molecule has 23 heavy (non-hydrogen) atoms. The third-order valence-electron chi connectivity index (χ3n) is 3.59. The fraction of sp³-hybridized carbons (Fsp3) is 0.0556. The molecular formula is C18H10BrCl3O. The van der Waals surface area contributed by atoms with E-state index < -0.39 is 0 Å². The summed E-state index contributed by atoms with van der Waals surface area (Å²) in [7, 11) is 0. The minimum absolute atomic E-state index is 0.274. The Hall–Kier alpha value is -1.06. The van der Waals surface area contributed by atoms with Crippen molar-refractivity contribution in [2.24, 2.45) is 0 Å². The average Bonchev–Trinajstić information content (AvgIpc) is 2.53. The smallest absolute Gasteiger partial charge is 0.198 e. The Balaban J connectivity index is 2.25. The molecule has 0 N–H and O–H groups in total. The first-order valence-corrected chi connectivity index (χ1v) is 9.04. The second kappa shape index (κ2) is 6.82. The molecule has 0 spiro atoms. The first-order chi connectivity index (χ1) is 11.0. The summed E-state index contributed by atoms with van der Waals surface area (Å²) < 4.78 is 0. The lowest BCUT2D eigenvalue weighted by molar-refractivity contribution is 0.104. The molecule has 0 aliphatic carbocycles. The number of rotatable bonds is 3. The van der Waals surface area contributed by atoms with E-state index in [1.165, 1.54) is 0 Å². The standard InChI is InChI=1S/C18H10BrCl3O/c19-9-10-7-14(21)17(15(22)8-10)18(23)16-12-4-2-1-3-11(12)5-6-13(16)20/h1-8H,9H2. The van der Waals surface area contributed by atoms with E-state index in [1.807, 2.05) is 30.3 Å². The van der Waals surface area contributed by atoms with E-state index in [2.05, 4.69) is 15.9 Å². The Morgan fingerprint density at radius 1 is 0.870 bits per heavy atom. The zero-order valence-corrected chi connectivity index (χ0v) is 15.6. The van der Waals surface area contributed by atoms with Crippen LogP contribution in [0.2, 0.25) is 15.1 Å².